The number of nitrogens with two attached hydrogens (primary N) is 2. The molecule has 0 radical (unpaired) electrons. The molecule has 8 heteroatoms. The normalized spacial score (nSPS) is 22.4. The van der Waals surface area contributed by atoms with E-state index in [0.29, 0.717) is 6.42 Å². The number of Topliss-reactive ketones (excluding diaryl/α,β-unsaturated/α-hetero) is 1. The van der Waals surface area contributed by atoms with Crippen molar-refractivity contribution in [3.63, 3.8) is 0 Å². The molecule has 1 rings (SSSR count). The Morgan fingerprint density at radius 1 is 1.20 bits per heavy atom. The molecule has 4 atom stereocenters. The summed E-state index contributed by atoms with van der Waals surface area (Å²) in [4.78, 5) is 23.8. The highest BCUT2D eigenvalue weighted by Crippen LogP contribution is 2.34. The first-order chi connectivity index (χ1) is 14.3. The molecule has 1 fully saturated rings. The summed E-state index contributed by atoms with van der Waals surface area (Å²) in [5.74, 6) is -0.620. The van der Waals surface area contributed by atoms with Gasteiger partial charge in [0.2, 0.25) is 11.9 Å². The zero-order valence-corrected chi connectivity index (χ0v) is 18.3. The molecule has 1 saturated carbocycles. The molecular weight excluding hydrogens is 384 g/mol. The minimum atomic E-state index is -0.648. The number of aliphatic hydroxyl groups excluding tert-OH is 2. The first kappa shape index (κ1) is 26.1. The van der Waals surface area contributed by atoms with Gasteiger partial charge in [-0.25, -0.2) is 5.43 Å². The Bertz CT molecular complexity index is 575. The number of unbranched alkanes of at least 4 members (excludes halogenated alkanes) is 6. The highest BCUT2D eigenvalue weighted by molar-refractivity contribution is 5.84. The maximum Gasteiger partial charge on any atom is 0.240 e. The van der Waals surface area contributed by atoms with Crippen LogP contribution >= 0.6 is 0 Å². The Balaban J connectivity index is 2.27. The zero-order chi connectivity index (χ0) is 22.4. The second-order valence-electron chi connectivity index (χ2n) is 8.25. The molecule has 0 bridgehead atoms. The number of hydrazone groups is 1. The van der Waals surface area contributed by atoms with Crippen LogP contribution in [0.1, 0.15) is 84.0 Å². The van der Waals surface area contributed by atoms with Gasteiger partial charge in [0.25, 0.3) is 0 Å². The number of hydrogen-bond acceptors (Lipinski definition) is 5. The molecule has 0 spiro atoms. The maximum atomic E-state index is 12.3. The van der Waals surface area contributed by atoms with E-state index in [1.807, 2.05) is 6.08 Å². The van der Waals surface area contributed by atoms with Gasteiger partial charge in [0, 0.05) is 24.7 Å². The lowest BCUT2D eigenvalue weighted by Crippen LogP contribution is -2.28. The van der Waals surface area contributed by atoms with Crippen LogP contribution < -0.4 is 16.9 Å². The molecule has 0 heterocycles. The van der Waals surface area contributed by atoms with Crippen molar-refractivity contribution in [2.75, 3.05) is 0 Å². The van der Waals surface area contributed by atoms with Gasteiger partial charge in [-0.2, -0.15) is 0 Å². The maximum absolute atomic E-state index is 12.3. The van der Waals surface area contributed by atoms with Gasteiger partial charge in [0.05, 0.1) is 12.2 Å². The average Bonchev–Trinajstić information content (AvgIpc) is 2.96. The van der Waals surface area contributed by atoms with Gasteiger partial charge in [-0.3, -0.25) is 9.59 Å². The lowest BCUT2D eigenvalue weighted by Gasteiger charge is -2.18. The fourth-order valence-electron chi connectivity index (χ4n) is 3.91. The quantitative estimate of drug-likeness (QED) is 0.0892. The molecule has 0 aliphatic heterocycles. The van der Waals surface area contributed by atoms with Crippen molar-refractivity contribution in [1.82, 2.24) is 5.43 Å². The number of ketones is 1. The van der Waals surface area contributed by atoms with Gasteiger partial charge in [0.1, 0.15) is 5.78 Å². The summed E-state index contributed by atoms with van der Waals surface area (Å²) in [5.41, 5.74) is 12.6. The van der Waals surface area contributed by atoms with Gasteiger partial charge < -0.3 is 21.7 Å². The predicted octanol–water partition coefficient (Wildman–Crippen LogP) is 2.09. The van der Waals surface area contributed by atoms with E-state index in [-0.39, 0.29) is 35.9 Å². The van der Waals surface area contributed by atoms with Crippen molar-refractivity contribution in [1.29, 1.82) is 0 Å². The van der Waals surface area contributed by atoms with Gasteiger partial charge in [-0.05, 0) is 19.3 Å². The van der Waals surface area contributed by atoms with E-state index in [1.54, 1.807) is 6.08 Å². The summed E-state index contributed by atoms with van der Waals surface area (Å²) < 4.78 is 0. The second kappa shape index (κ2) is 15.0. The molecule has 30 heavy (non-hydrogen) atoms. The third kappa shape index (κ3) is 10.7. The summed E-state index contributed by atoms with van der Waals surface area (Å²) in [6, 6.07) is 0. The molecule has 0 aromatic heterocycles. The molecule has 3 unspecified atom stereocenters. The highest BCUT2D eigenvalue weighted by Gasteiger charge is 2.39. The number of guanidine groups is 1. The lowest BCUT2D eigenvalue weighted by atomic mass is 9.88. The van der Waals surface area contributed by atoms with Crippen LogP contribution in [0.4, 0.5) is 0 Å². The van der Waals surface area contributed by atoms with Crippen molar-refractivity contribution in [2.24, 2.45) is 28.4 Å². The molecule has 7 N–H and O–H groups in total. The summed E-state index contributed by atoms with van der Waals surface area (Å²) in [7, 11) is 0. The number of carbonyl (C=O) groups excluding carboxylic acids is 2. The summed E-state index contributed by atoms with van der Waals surface area (Å²) in [5, 5.41) is 23.8. The van der Waals surface area contributed by atoms with E-state index >= 15 is 0 Å². The number of hydrogen-bond donors (Lipinski definition) is 5. The Labute approximate surface area is 180 Å². The number of amides is 1. The van der Waals surface area contributed by atoms with Crippen LogP contribution in [0.3, 0.4) is 0 Å². The first-order valence-corrected chi connectivity index (χ1v) is 11.3. The van der Waals surface area contributed by atoms with Gasteiger partial charge >= 0.3 is 0 Å². The minimum Gasteiger partial charge on any atom is -0.392 e. The standard InChI is InChI=1S/C22H40N4O4/c1-2-3-7-10-16(27)13-14-18-17(19(28)15-20(18)29)11-8-5-4-6-9-12-21(30)25-26-22(23)24/h13-14,16-18,20,27,29H,2-12,15H2,1H3,(H,25,30)(H4,23,24,26)/b14-13+/t16?,17-,18?,20?/m1/s1. The van der Waals surface area contributed by atoms with Crippen LogP contribution in [0, 0.1) is 11.8 Å². The van der Waals surface area contributed by atoms with E-state index in [4.69, 9.17) is 11.5 Å². The van der Waals surface area contributed by atoms with Gasteiger partial charge in [-0.1, -0.05) is 64.0 Å². The summed E-state index contributed by atoms with van der Waals surface area (Å²) in [6.45, 7) is 2.12. The van der Waals surface area contributed by atoms with E-state index in [1.165, 1.54) is 0 Å². The van der Waals surface area contributed by atoms with Gasteiger partial charge in [0.15, 0.2) is 0 Å². The number of aliphatic hydroxyl groups is 2. The monoisotopic (exact) mass is 424 g/mol. The molecule has 8 nitrogen and oxygen atoms in total. The average molecular weight is 425 g/mol. The van der Waals surface area contributed by atoms with E-state index in [9.17, 15) is 19.8 Å². The third-order valence-corrected chi connectivity index (χ3v) is 5.62. The van der Waals surface area contributed by atoms with Crippen LogP contribution in [0.5, 0.6) is 0 Å². The lowest BCUT2D eigenvalue weighted by molar-refractivity contribution is -0.122. The van der Waals surface area contributed by atoms with Crippen LogP contribution in [0.2, 0.25) is 0 Å². The van der Waals surface area contributed by atoms with Crippen molar-refractivity contribution in [2.45, 2.75) is 96.2 Å². The van der Waals surface area contributed by atoms with E-state index < -0.39 is 12.2 Å². The predicted molar refractivity (Wildman–Crippen MR) is 118 cm³/mol. The van der Waals surface area contributed by atoms with E-state index in [0.717, 1.165) is 64.2 Å². The largest absolute Gasteiger partial charge is 0.392 e. The topological polar surface area (TPSA) is 151 Å². The zero-order valence-electron chi connectivity index (χ0n) is 18.3. The Kier molecular flexibility index (Phi) is 13.0. The first-order valence-electron chi connectivity index (χ1n) is 11.3. The summed E-state index contributed by atoms with van der Waals surface area (Å²) in [6.07, 6.45) is 12.2. The fourth-order valence-corrected chi connectivity index (χ4v) is 3.91. The number of nitrogens with one attached hydrogen (secondary N) is 1. The van der Waals surface area contributed by atoms with Crippen LogP contribution in [-0.2, 0) is 9.59 Å². The highest BCUT2D eigenvalue weighted by atomic mass is 16.3. The molecule has 1 aliphatic carbocycles. The Hall–Kier alpha value is -1.93. The van der Waals surface area contributed by atoms with Crippen molar-refractivity contribution in [3.05, 3.63) is 12.2 Å². The van der Waals surface area contributed by atoms with Crippen LogP contribution in [0.25, 0.3) is 0 Å². The Morgan fingerprint density at radius 2 is 1.90 bits per heavy atom. The molecule has 0 aromatic carbocycles. The molecule has 0 aromatic rings. The van der Waals surface area contributed by atoms with Gasteiger partial charge in [-0.15, -0.1) is 5.10 Å². The molecule has 1 aliphatic rings. The molecule has 1 amide bonds. The smallest absolute Gasteiger partial charge is 0.240 e. The summed E-state index contributed by atoms with van der Waals surface area (Å²) >= 11 is 0. The molecule has 172 valence electrons. The second-order valence-corrected chi connectivity index (χ2v) is 8.25. The Morgan fingerprint density at radius 3 is 2.60 bits per heavy atom. The molecular formula is C22H40N4O4. The molecule has 0 saturated heterocycles. The van der Waals surface area contributed by atoms with E-state index in [2.05, 4.69) is 17.5 Å². The van der Waals surface area contributed by atoms with Crippen molar-refractivity contribution < 1.29 is 19.8 Å². The minimum absolute atomic E-state index is 0.119. The van der Waals surface area contributed by atoms with Crippen LogP contribution in [-0.4, -0.2) is 40.1 Å². The third-order valence-electron chi connectivity index (χ3n) is 5.62. The van der Waals surface area contributed by atoms with Crippen molar-refractivity contribution >= 4 is 17.6 Å². The van der Waals surface area contributed by atoms with Crippen LogP contribution in [0.15, 0.2) is 17.3 Å². The number of rotatable bonds is 15. The SMILES string of the molecule is CCCCCC(O)/C=C/C1C(O)CC(=O)[C@@H]1CCCCCCCC(=O)NN=C(N)N. The van der Waals surface area contributed by atoms with Crippen molar-refractivity contribution in [3.8, 4) is 0 Å². The number of carbonyl (C=O) groups is 2. The fraction of sp³-hybridized carbons (Fsp3) is 0.773. The number of nitrogens with zero attached hydrogens (tertiary/aromatic N) is 1.